The molecule has 0 aliphatic carbocycles. The van der Waals surface area contributed by atoms with Crippen LogP contribution in [0.3, 0.4) is 0 Å². The lowest BCUT2D eigenvalue weighted by atomic mass is 9.84. The topological polar surface area (TPSA) is 32.3 Å². The molecule has 1 aromatic carbocycles. The van der Waals surface area contributed by atoms with E-state index in [0.29, 0.717) is 17.7 Å². The lowest BCUT2D eigenvalue weighted by Gasteiger charge is -2.38. The van der Waals surface area contributed by atoms with Gasteiger partial charge in [0.25, 0.3) is 0 Å². The molecule has 2 saturated heterocycles. The predicted octanol–water partition coefficient (Wildman–Crippen LogP) is 2.56. The SMILES string of the molecule is Cc1ccccc1C1CCN(C(=O)C(C)C2CNC2)CC1. The lowest BCUT2D eigenvalue weighted by molar-refractivity contribution is -0.138. The number of rotatable bonds is 3. The van der Waals surface area contributed by atoms with Gasteiger partial charge in [-0.05, 0) is 55.8 Å². The van der Waals surface area contributed by atoms with Crippen molar-refractivity contribution in [2.75, 3.05) is 26.2 Å². The van der Waals surface area contributed by atoms with Gasteiger partial charge in [-0.1, -0.05) is 31.2 Å². The Bertz CT molecular complexity index is 502. The zero-order valence-corrected chi connectivity index (χ0v) is 13.1. The van der Waals surface area contributed by atoms with E-state index < -0.39 is 0 Å². The summed E-state index contributed by atoms with van der Waals surface area (Å²) in [6.07, 6.45) is 2.21. The van der Waals surface area contributed by atoms with E-state index in [1.165, 1.54) is 11.1 Å². The molecular weight excluding hydrogens is 260 g/mol. The molecule has 0 spiro atoms. The van der Waals surface area contributed by atoms with Crippen molar-refractivity contribution < 1.29 is 4.79 Å². The quantitative estimate of drug-likeness (QED) is 0.926. The van der Waals surface area contributed by atoms with E-state index in [-0.39, 0.29) is 5.92 Å². The average Bonchev–Trinajstić information content (AvgIpc) is 2.45. The number of carbonyl (C=O) groups is 1. The highest BCUT2D eigenvalue weighted by atomic mass is 16.2. The Morgan fingerprint density at radius 1 is 1.24 bits per heavy atom. The summed E-state index contributed by atoms with van der Waals surface area (Å²) < 4.78 is 0. The second kappa shape index (κ2) is 6.18. The molecule has 2 fully saturated rings. The maximum atomic E-state index is 12.5. The van der Waals surface area contributed by atoms with E-state index >= 15 is 0 Å². The monoisotopic (exact) mass is 286 g/mol. The molecular formula is C18H26N2O. The van der Waals surface area contributed by atoms with E-state index in [2.05, 4.69) is 48.3 Å². The minimum absolute atomic E-state index is 0.182. The number of piperidine rings is 1. The summed E-state index contributed by atoms with van der Waals surface area (Å²) in [6, 6.07) is 8.68. The van der Waals surface area contributed by atoms with Gasteiger partial charge in [-0.2, -0.15) is 0 Å². The van der Waals surface area contributed by atoms with Crippen LogP contribution in [0, 0.1) is 18.8 Å². The predicted molar refractivity (Wildman–Crippen MR) is 85.3 cm³/mol. The lowest BCUT2D eigenvalue weighted by Crippen LogP contribution is -2.51. The fourth-order valence-electron chi connectivity index (χ4n) is 3.61. The molecule has 114 valence electrons. The summed E-state index contributed by atoms with van der Waals surface area (Å²) in [7, 11) is 0. The number of nitrogens with one attached hydrogen (secondary N) is 1. The number of benzene rings is 1. The Kier molecular flexibility index (Phi) is 4.29. The van der Waals surface area contributed by atoms with Crippen LogP contribution in [0.25, 0.3) is 0 Å². The van der Waals surface area contributed by atoms with Crippen molar-refractivity contribution >= 4 is 5.91 Å². The molecule has 0 bridgehead atoms. The molecule has 2 aliphatic rings. The van der Waals surface area contributed by atoms with Gasteiger partial charge in [0.05, 0.1) is 0 Å². The summed E-state index contributed by atoms with van der Waals surface area (Å²) in [6.45, 7) is 8.14. The van der Waals surface area contributed by atoms with Crippen LogP contribution in [0.4, 0.5) is 0 Å². The number of aryl methyl sites for hydroxylation is 1. The van der Waals surface area contributed by atoms with Gasteiger partial charge in [0.1, 0.15) is 0 Å². The molecule has 1 amide bonds. The zero-order valence-electron chi connectivity index (χ0n) is 13.1. The number of hydrogen-bond acceptors (Lipinski definition) is 2. The van der Waals surface area contributed by atoms with Crippen LogP contribution in [0.15, 0.2) is 24.3 Å². The van der Waals surface area contributed by atoms with Crippen LogP contribution in [0.1, 0.15) is 36.8 Å². The van der Waals surface area contributed by atoms with E-state index in [9.17, 15) is 4.79 Å². The third-order valence-corrected chi connectivity index (χ3v) is 5.34. The third kappa shape index (κ3) is 2.98. The van der Waals surface area contributed by atoms with Crippen LogP contribution in [-0.2, 0) is 4.79 Å². The standard InChI is InChI=1S/C18H26N2O/c1-13-5-3-4-6-17(13)15-7-9-20(10-8-15)18(21)14(2)16-11-19-12-16/h3-6,14-16,19H,7-12H2,1-2H3. The van der Waals surface area contributed by atoms with E-state index in [1.807, 2.05) is 0 Å². The summed E-state index contributed by atoms with van der Waals surface area (Å²) in [5.74, 6) is 1.72. The minimum atomic E-state index is 0.182. The second-order valence-electron chi connectivity index (χ2n) is 6.66. The van der Waals surface area contributed by atoms with E-state index in [0.717, 1.165) is 39.0 Å². The van der Waals surface area contributed by atoms with Crippen molar-refractivity contribution in [1.29, 1.82) is 0 Å². The molecule has 1 aromatic rings. The average molecular weight is 286 g/mol. The molecule has 0 saturated carbocycles. The van der Waals surface area contributed by atoms with Gasteiger partial charge in [0.15, 0.2) is 0 Å². The van der Waals surface area contributed by atoms with Crippen molar-refractivity contribution in [2.45, 2.75) is 32.6 Å². The number of likely N-dealkylation sites (tertiary alicyclic amines) is 1. The number of amides is 1. The van der Waals surface area contributed by atoms with E-state index in [1.54, 1.807) is 0 Å². The first-order chi connectivity index (χ1) is 10.2. The van der Waals surface area contributed by atoms with Gasteiger partial charge in [-0.25, -0.2) is 0 Å². The van der Waals surface area contributed by atoms with Gasteiger partial charge >= 0.3 is 0 Å². The summed E-state index contributed by atoms with van der Waals surface area (Å²) in [5.41, 5.74) is 2.86. The molecule has 21 heavy (non-hydrogen) atoms. The summed E-state index contributed by atoms with van der Waals surface area (Å²) >= 11 is 0. The largest absolute Gasteiger partial charge is 0.342 e. The molecule has 2 heterocycles. The van der Waals surface area contributed by atoms with Gasteiger partial charge in [-0.15, -0.1) is 0 Å². The first-order valence-electron chi connectivity index (χ1n) is 8.22. The maximum Gasteiger partial charge on any atom is 0.225 e. The van der Waals surface area contributed by atoms with Crippen LogP contribution in [-0.4, -0.2) is 37.0 Å². The normalized spacial score (nSPS) is 21.9. The van der Waals surface area contributed by atoms with Gasteiger partial charge < -0.3 is 10.2 Å². The second-order valence-corrected chi connectivity index (χ2v) is 6.66. The zero-order chi connectivity index (χ0) is 14.8. The van der Waals surface area contributed by atoms with Crippen molar-refractivity contribution in [2.24, 2.45) is 11.8 Å². The Morgan fingerprint density at radius 2 is 1.90 bits per heavy atom. The minimum Gasteiger partial charge on any atom is -0.342 e. The van der Waals surface area contributed by atoms with Crippen molar-refractivity contribution in [3.63, 3.8) is 0 Å². The molecule has 2 aliphatic heterocycles. The van der Waals surface area contributed by atoms with Crippen LogP contribution in [0.2, 0.25) is 0 Å². The fraction of sp³-hybridized carbons (Fsp3) is 0.611. The van der Waals surface area contributed by atoms with Gasteiger partial charge in [0.2, 0.25) is 5.91 Å². The Labute approximate surface area is 127 Å². The van der Waals surface area contributed by atoms with Crippen molar-refractivity contribution in [3.8, 4) is 0 Å². The van der Waals surface area contributed by atoms with E-state index in [4.69, 9.17) is 0 Å². The Hall–Kier alpha value is -1.35. The number of carbonyl (C=O) groups excluding carboxylic acids is 1. The van der Waals surface area contributed by atoms with Crippen molar-refractivity contribution in [1.82, 2.24) is 10.2 Å². The number of hydrogen-bond donors (Lipinski definition) is 1. The highest BCUT2D eigenvalue weighted by Crippen LogP contribution is 2.31. The molecule has 1 atom stereocenters. The first-order valence-corrected chi connectivity index (χ1v) is 8.22. The smallest absolute Gasteiger partial charge is 0.225 e. The highest BCUT2D eigenvalue weighted by molar-refractivity contribution is 5.79. The molecule has 1 N–H and O–H groups in total. The third-order valence-electron chi connectivity index (χ3n) is 5.34. The molecule has 0 aromatic heterocycles. The molecule has 3 heteroatoms. The van der Waals surface area contributed by atoms with Gasteiger partial charge in [0, 0.05) is 19.0 Å². The maximum absolute atomic E-state index is 12.5. The molecule has 1 unspecified atom stereocenters. The van der Waals surface area contributed by atoms with Crippen LogP contribution >= 0.6 is 0 Å². The molecule has 0 radical (unpaired) electrons. The van der Waals surface area contributed by atoms with Crippen LogP contribution in [0.5, 0.6) is 0 Å². The van der Waals surface area contributed by atoms with Gasteiger partial charge in [-0.3, -0.25) is 4.79 Å². The summed E-state index contributed by atoms with van der Waals surface area (Å²) in [5, 5.41) is 3.26. The summed E-state index contributed by atoms with van der Waals surface area (Å²) in [4.78, 5) is 14.6. The van der Waals surface area contributed by atoms with Crippen molar-refractivity contribution in [3.05, 3.63) is 35.4 Å². The highest BCUT2D eigenvalue weighted by Gasteiger charge is 2.33. The Morgan fingerprint density at radius 3 is 2.48 bits per heavy atom. The molecule has 3 rings (SSSR count). The fourth-order valence-corrected chi connectivity index (χ4v) is 3.61. The van der Waals surface area contributed by atoms with Crippen LogP contribution < -0.4 is 5.32 Å². The number of nitrogens with zero attached hydrogens (tertiary/aromatic N) is 1. The Balaban J connectivity index is 1.57. The molecule has 3 nitrogen and oxygen atoms in total. The first kappa shape index (κ1) is 14.6.